The number of aryl methyl sites for hydroxylation is 2. The summed E-state index contributed by atoms with van der Waals surface area (Å²) in [5.41, 5.74) is 3.43. The minimum atomic E-state index is -0.246. The zero-order chi connectivity index (χ0) is 21.1. The van der Waals surface area contributed by atoms with Crippen LogP contribution in [0.5, 0.6) is 0 Å². The van der Waals surface area contributed by atoms with Crippen molar-refractivity contribution in [2.45, 2.75) is 63.3 Å². The standard InChI is InChI=1S/C25H28N2O2S/c1-3-18-11-13-20(14-12-18)27-24(28)22(26-19-7-5-4-6-8-19)23(25(27)29)30-21-15-9-17(2)10-16-21/h9-16,19,26H,3-8H2,1-2H3. The van der Waals surface area contributed by atoms with Gasteiger partial charge in [-0.3, -0.25) is 9.59 Å². The van der Waals surface area contributed by atoms with Gasteiger partial charge in [-0.2, -0.15) is 0 Å². The Morgan fingerprint density at radius 1 is 0.933 bits per heavy atom. The number of anilines is 1. The molecule has 0 saturated heterocycles. The SMILES string of the molecule is CCc1ccc(N2C(=O)C(NC3CCCCC3)=C(Sc3ccc(C)cc3)C2=O)cc1. The van der Waals surface area contributed by atoms with Crippen LogP contribution >= 0.6 is 11.8 Å². The highest BCUT2D eigenvalue weighted by Gasteiger charge is 2.40. The summed E-state index contributed by atoms with van der Waals surface area (Å²) in [4.78, 5) is 29.5. The summed E-state index contributed by atoms with van der Waals surface area (Å²) in [5.74, 6) is -0.488. The maximum atomic E-state index is 13.4. The van der Waals surface area contributed by atoms with E-state index in [0.29, 0.717) is 16.3 Å². The Bertz CT molecular complexity index is 958. The van der Waals surface area contributed by atoms with Crippen molar-refractivity contribution in [2.75, 3.05) is 4.90 Å². The number of thioether (sulfide) groups is 1. The second-order valence-electron chi connectivity index (χ2n) is 8.06. The number of nitrogens with one attached hydrogen (secondary N) is 1. The van der Waals surface area contributed by atoms with E-state index in [1.54, 1.807) is 0 Å². The molecule has 4 nitrogen and oxygen atoms in total. The number of carbonyl (C=O) groups is 2. The molecule has 1 N–H and O–H groups in total. The average molecular weight is 421 g/mol. The predicted molar refractivity (Wildman–Crippen MR) is 122 cm³/mol. The highest BCUT2D eigenvalue weighted by Crippen LogP contribution is 2.37. The zero-order valence-corrected chi connectivity index (χ0v) is 18.4. The van der Waals surface area contributed by atoms with Gasteiger partial charge in [0.05, 0.1) is 5.69 Å². The summed E-state index contributed by atoms with van der Waals surface area (Å²) >= 11 is 1.38. The van der Waals surface area contributed by atoms with Crippen molar-refractivity contribution in [3.63, 3.8) is 0 Å². The lowest BCUT2D eigenvalue weighted by molar-refractivity contribution is -0.120. The molecule has 0 spiro atoms. The Balaban J connectivity index is 1.66. The average Bonchev–Trinajstić information content (AvgIpc) is 3.00. The van der Waals surface area contributed by atoms with Crippen molar-refractivity contribution < 1.29 is 9.59 Å². The Hall–Kier alpha value is -2.53. The Labute approximate surface area is 182 Å². The number of carbonyl (C=O) groups excluding carboxylic acids is 2. The zero-order valence-electron chi connectivity index (χ0n) is 17.6. The molecule has 4 rings (SSSR count). The molecule has 156 valence electrons. The van der Waals surface area contributed by atoms with E-state index in [2.05, 4.69) is 12.2 Å². The van der Waals surface area contributed by atoms with E-state index in [1.807, 2.05) is 55.5 Å². The molecule has 1 heterocycles. The summed E-state index contributed by atoms with van der Waals surface area (Å²) in [6, 6.07) is 16.0. The largest absolute Gasteiger partial charge is 0.377 e. The van der Waals surface area contributed by atoms with E-state index in [4.69, 9.17) is 0 Å². The molecule has 2 amide bonds. The van der Waals surface area contributed by atoms with Crippen LogP contribution in [0.2, 0.25) is 0 Å². The van der Waals surface area contributed by atoms with Crippen LogP contribution in [0.15, 0.2) is 64.0 Å². The molecule has 1 aliphatic carbocycles. The molecule has 2 aromatic rings. The van der Waals surface area contributed by atoms with E-state index < -0.39 is 0 Å². The number of rotatable bonds is 6. The van der Waals surface area contributed by atoms with E-state index in [0.717, 1.165) is 37.0 Å². The van der Waals surface area contributed by atoms with Crippen LogP contribution in [0.4, 0.5) is 5.69 Å². The van der Waals surface area contributed by atoms with Crippen molar-refractivity contribution in [3.8, 4) is 0 Å². The van der Waals surface area contributed by atoms with Crippen molar-refractivity contribution in [1.82, 2.24) is 5.32 Å². The summed E-state index contributed by atoms with van der Waals surface area (Å²) < 4.78 is 0. The number of benzene rings is 2. The van der Waals surface area contributed by atoms with Gasteiger partial charge in [0.25, 0.3) is 11.8 Å². The van der Waals surface area contributed by atoms with Crippen LogP contribution in [-0.2, 0) is 16.0 Å². The van der Waals surface area contributed by atoms with Gasteiger partial charge >= 0.3 is 0 Å². The lowest BCUT2D eigenvalue weighted by Gasteiger charge is -2.24. The minimum Gasteiger partial charge on any atom is -0.377 e. The van der Waals surface area contributed by atoms with Crippen molar-refractivity contribution >= 4 is 29.3 Å². The molecular weight excluding hydrogens is 392 g/mol. The first-order valence-electron chi connectivity index (χ1n) is 10.8. The van der Waals surface area contributed by atoms with Crippen LogP contribution < -0.4 is 10.2 Å². The number of nitrogens with zero attached hydrogens (tertiary/aromatic N) is 1. The first-order chi connectivity index (χ1) is 14.6. The van der Waals surface area contributed by atoms with Gasteiger partial charge in [0.1, 0.15) is 10.6 Å². The third-order valence-electron chi connectivity index (χ3n) is 5.84. The second kappa shape index (κ2) is 9.09. The molecule has 1 saturated carbocycles. The van der Waals surface area contributed by atoms with Crippen LogP contribution in [0.25, 0.3) is 0 Å². The van der Waals surface area contributed by atoms with Crippen molar-refractivity contribution in [2.24, 2.45) is 0 Å². The van der Waals surface area contributed by atoms with Gasteiger partial charge in [-0.25, -0.2) is 4.90 Å². The van der Waals surface area contributed by atoms with Crippen LogP contribution in [-0.4, -0.2) is 17.9 Å². The van der Waals surface area contributed by atoms with Gasteiger partial charge in [-0.05, 0) is 56.0 Å². The normalized spacial score (nSPS) is 17.7. The van der Waals surface area contributed by atoms with Crippen LogP contribution in [0.1, 0.15) is 50.2 Å². The fourth-order valence-corrected chi connectivity index (χ4v) is 4.96. The van der Waals surface area contributed by atoms with E-state index >= 15 is 0 Å². The fourth-order valence-electron chi connectivity index (χ4n) is 4.02. The van der Waals surface area contributed by atoms with Crippen LogP contribution in [0, 0.1) is 6.92 Å². The summed E-state index contributed by atoms with van der Waals surface area (Å²) in [6.07, 6.45) is 6.57. The summed E-state index contributed by atoms with van der Waals surface area (Å²) in [5, 5.41) is 3.45. The minimum absolute atomic E-state index is 0.242. The van der Waals surface area contributed by atoms with Crippen molar-refractivity contribution in [1.29, 1.82) is 0 Å². The maximum Gasteiger partial charge on any atom is 0.282 e. The van der Waals surface area contributed by atoms with Gasteiger partial charge < -0.3 is 5.32 Å². The van der Waals surface area contributed by atoms with Gasteiger partial charge in [-0.1, -0.05) is 67.8 Å². The molecule has 2 aliphatic rings. The highest BCUT2D eigenvalue weighted by molar-refractivity contribution is 8.04. The van der Waals surface area contributed by atoms with Gasteiger partial charge in [0, 0.05) is 10.9 Å². The number of hydrogen-bond acceptors (Lipinski definition) is 4. The monoisotopic (exact) mass is 420 g/mol. The molecule has 0 atom stereocenters. The number of imide groups is 1. The molecule has 0 aromatic heterocycles. The molecule has 5 heteroatoms. The molecule has 0 radical (unpaired) electrons. The smallest absolute Gasteiger partial charge is 0.282 e. The molecular formula is C25H28N2O2S. The second-order valence-corrected chi connectivity index (χ2v) is 9.15. The topological polar surface area (TPSA) is 49.4 Å². The lowest BCUT2D eigenvalue weighted by Crippen LogP contribution is -2.37. The molecule has 1 aliphatic heterocycles. The lowest BCUT2D eigenvalue weighted by atomic mass is 9.95. The van der Waals surface area contributed by atoms with E-state index in [-0.39, 0.29) is 17.9 Å². The molecule has 0 bridgehead atoms. The molecule has 0 unspecified atom stereocenters. The number of amides is 2. The summed E-state index contributed by atoms with van der Waals surface area (Å²) in [7, 11) is 0. The van der Waals surface area contributed by atoms with Gasteiger partial charge in [-0.15, -0.1) is 0 Å². The first kappa shape index (κ1) is 20.7. The van der Waals surface area contributed by atoms with E-state index in [9.17, 15) is 9.59 Å². The Kier molecular flexibility index (Phi) is 6.28. The van der Waals surface area contributed by atoms with Crippen LogP contribution in [0.3, 0.4) is 0 Å². The summed E-state index contributed by atoms with van der Waals surface area (Å²) in [6.45, 7) is 4.13. The first-order valence-corrected chi connectivity index (χ1v) is 11.6. The number of hydrogen-bond donors (Lipinski definition) is 1. The molecule has 1 fully saturated rings. The van der Waals surface area contributed by atoms with Crippen molar-refractivity contribution in [3.05, 3.63) is 70.3 Å². The highest BCUT2D eigenvalue weighted by atomic mass is 32.2. The Morgan fingerprint density at radius 2 is 1.60 bits per heavy atom. The van der Waals surface area contributed by atoms with Gasteiger partial charge in [0.2, 0.25) is 0 Å². The molecule has 2 aromatic carbocycles. The molecule has 30 heavy (non-hydrogen) atoms. The quantitative estimate of drug-likeness (QED) is 0.640. The Morgan fingerprint density at radius 3 is 2.23 bits per heavy atom. The third kappa shape index (κ3) is 4.31. The van der Waals surface area contributed by atoms with E-state index in [1.165, 1.54) is 34.2 Å². The third-order valence-corrected chi connectivity index (χ3v) is 6.93. The van der Waals surface area contributed by atoms with Gasteiger partial charge in [0.15, 0.2) is 0 Å². The maximum absolute atomic E-state index is 13.4. The predicted octanol–water partition coefficient (Wildman–Crippen LogP) is 5.36. The fraction of sp³-hybridized carbons (Fsp3) is 0.360.